The number of nitrogens with zero attached hydrogens (tertiary/aromatic N) is 2. The predicted molar refractivity (Wildman–Crippen MR) is 76.0 cm³/mol. The van der Waals surface area contributed by atoms with E-state index in [0.717, 1.165) is 31.9 Å². The molecule has 4 heteroatoms. The molecular formula is C15H21N3O. The SMILES string of the molecule is CCCOc1cccc(CNCc2cnn(C)c2)c1. The smallest absolute Gasteiger partial charge is 0.119 e. The van der Waals surface area contributed by atoms with E-state index >= 15 is 0 Å². The zero-order valence-electron chi connectivity index (χ0n) is 11.6. The summed E-state index contributed by atoms with van der Waals surface area (Å²) in [7, 11) is 1.93. The maximum atomic E-state index is 5.62. The Morgan fingerprint density at radius 1 is 1.26 bits per heavy atom. The zero-order chi connectivity index (χ0) is 13.5. The van der Waals surface area contributed by atoms with E-state index in [-0.39, 0.29) is 0 Å². The van der Waals surface area contributed by atoms with Gasteiger partial charge in [0, 0.05) is 31.9 Å². The molecule has 4 nitrogen and oxygen atoms in total. The summed E-state index contributed by atoms with van der Waals surface area (Å²) in [5, 5.41) is 7.55. The lowest BCUT2D eigenvalue weighted by molar-refractivity contribution is 0.317. The molecule has 0 aliphatic rings. The number of hydrogen-bond donors (Lipinski definition) is 1. The third kappa shape index (κ3) is 4.41. The summed E-state index contributed by atoms with van der Waals surface area (Å²) in [5.41, 5.74) is 2.43. The maximum absolute atomic E-state index is 5.62. The number of nitrogens with one attached hydrogen (secondary N) is 1. The van der Waals surface area contributed by atoms with Gasteiger partial charge in [0.2, 0.25) is 0 Å². The lowest BCUT2D eigenvalue weighted by Gasteiger charge is -2.07. The standard InChI is InChI=1S/C15H21N3O/c1-3-7-19-15-6-4-5-13(8-15)9-16-10-14-11-17-18(2)12-14/h4-6,8,11-12,16H,3,7,9-10H2,1-2H3. The maximum Gasteiger partial charge on any atom is 0.119 e. The number of aromatic nitrogens is 2. The van der Waals surface area contributed by atoms with Gasteiger partial charge < -0.3 is 10.1 Å². The normalized spacial score (nSPS) is 10.6. The summed E-state index contributed by atoms with van der Waals surface area (Å²) >= 11 is 0. The molecular weight excluding hydrogens is 238 g/mol. The average Bonchev–Trinajstić information content (AvgIpc) is 2.83. The molecule has 0 saturated heterocycles. The van der Waals surface area contributed by atoms with Crippen LogP contribution >= 0.6 is 0 Å². The molecule has 0 amide bonds. The highest BCUT2D eigenvalue weighted by molar-refractivity contribution is 5.28. The molecule has 1 aromatic heterocycles. The second kappa shape index (κ2) is 6.95. The van der Waals surface area contributed by atoms with Crippen LogP contribution in [0.25, 0.3) is 0 Å². The van der Waals surface area contributed by atoms with Crippen molar-refractivity contribution in [1.29, 1.82) is 0 Å². The van der Waals surface area contributed by atoms with Gasteiger partial charge in [-0.05, 0) is 24.1 Å². The van der Waals surface area contributed by atoms with Crippen LogP contribution in [0.2, 0.25) is 0 Å². The molecule has 1 aromatic carbocycles. The first-order chi connectivity index (χ1) is 9.28. The van der Waals surface area contributed by atoms with E-state index < -0.39 is 0 Å². The van der Waals surface area contributed by atoms with Crippen molar-refractivity contribution in [2.75, 3.05) is 6.61 Å². The fraction of sp³-hybridized carbons (Fsp3) is 0.400. The molecule has 0 radical (unpaired) electrons. The Kier molecular flexibility index (Phi) is 4.98. The fourth-order valence-electron chi connectivity index (χ4n) is 1.88. The highest BCUT2D eigenvalue weighted by Gasteiger charge is 1.98. The zero-order valence-corrected chi connectivity index (χ0v) is 11.6. The monoisotopic (exact) mass is 259 g/mol. The molecule has 0 aliphatic carbocycles. The number of benzene rings is 1. The van der Waals surface area contributed by atoms with Crippen LogP contribution in [-0.2, 0) is 20.1 Å². The van der Waals surface area contributed by atoms with Gasteiger partial charge in [0.25, 0.3) is 0 Å². The highest BCUT2D eigenvalue weighted by atomic mass is 16.5. The van der Waals surface area contributed by atoms with Crippen molar-refractivity contribution in [3.8, 4) is 5.75 Å². The van der Waals surface area contributed by atoms with Crippen LogP contribution < -0.4 is 10.1 Å². The van der Waals surface area contributed by atoms with Crippen LogP contribution in [-0.4, -0.2) is 16.4 Å². The van der Waals surface area contributed by atoms with E-state index in [1.165, 1.54) is 11.1 Å². The third-order valence-corrected chi connectivity index (χ3v) is 2.79. The first-order valence-electron chi connectivity index (χ1n) is 6.68. The number of rotatable bonds is 7. The molecule has 2 aromatic rings. The van der Waals surface area contributed by atoms with Crippen LogP contribution in [0.4, 0.5) is 0 Å². The van der Waals surface area contributed by atoms with Gasteiger partial charge in [-0.1, -0.05) is 19.1 Å². The fourth-order valence-corrected chi connectivity index (χ4v) is 1.88. The van der Waals surface area contributed by atoms with E-state index in [4.69, 9.17) is 4.74 Å². The summed E-state index contributed by atoms with van der Waals surface area (Å²) in [6, 6.07) is 8.23. The third-order valence-electron chi connectivity index (χ3n) is 2.79. The van der Waals surface area contributed by atoms with Gasteiger partial charge in [0.15, 0.2) is 0 Å². The van der Waals surface area contributed by atoms with Gasteiger partial charge in [-0.25, -0.2) is 0 Å². The highest BCUT2D eigenvalue weighted by Crippen LogP contribution is 2.13. The average molecular weight is 259 g/mol. The van der Waals surface area contributed by atoms with Gasteiger partial charge in [-0.2, -0.15) is 5.10 Å². The number of hydrogen-bond acceptors (Lipinski definition) is 3. The van der Waals surface area contributed by atoms with Crippen LogP contribution in [0.5, 0.6) is 5.75 Å². The molecule has 0 aliphatic heterocycles. The van der Waals surface area contributed by atoms with Crippen molar-refractivity contribution < 1.29 is 4.74 Å². The lowest BCUT2D eigenvalue weighted by atomic mass is 10.2. The molecule has 0 saturated carbocycles. The van der Waals surface area contributed by atoms with E-state index in [0.29, 0.717) is 0 Å². The summed E-state index contributed by atoms with van der Waals surface area (Å²) < 4.78 is 7.44. The van der Waals surface area contributed by atoms with Gasteiger partial charge in [-0.15, -0.1) is 0 Å². The minimum absolute atomic E-state index is 0.770. The molecule has 102 valence electrons. The summed E-state index contributed by atoms with van der Waals surface area (Å²) in [5.74, 6) is 0.947. The number of aryl methyl sites for hydroxylation is 1. The largest absolute Gasteiger partial charge is 0.494 e. The van der Waals surface area contributed by atoms with Crippen molar-refractivity contribution in [2.24, 2.45) is 7.05 Å². The molecule has 1 N–H and O–H groups in total. The predicted octanol–water partition coefficient (Wildman–Crippen LogP) is 2.50. The van der Waals surface area contributed by atoms with Gasteiger partial charge in [0.1, 0.15) is 5.75 Å². The van der Waals surface area contributed by atoms with Crippen molar-refractivity contribution in [3.63, 3.8) is 0 Å². The van der Waals surface area contributed by atoms with Crippen LogP contribution in [0.15, 0.2) is 36.7 Å². The first kappa shape index (κ1) is 13.6. The molecule has 0 unspecified atom stereocenters. The Hall–Kier alpha value is -1.81. The molecule has 0 bridgehead atoms. The minimum Gasteiger partial charge on any atom is -0.494 e. The van der Waals surface area contributed by atoms with Crippen molar-refractivity contribution in [2.45, 2.75) is 26.4 Å². The second-order valence-electron chi connectivity index (χ2n) is 4.62. The topological polar surface area (TPSA) is 39.1 Å². The lowest BCUT2D eigenvalue weighted by Crippen LogP contribution is -2.12. The van der Waals surface area contributed by atoms with Crippen molar-refractivity contribution in [1.82, 2.24) is 15.1 Å². The Morgan fingerprint density at radius 2 is 2.11 bits per heavy atom. The van der Waals surface area contributed by atoms with Gasteiger partial charge in [0.05, 0.1) is 12.8 Å². The Morgan fingerprint density at radius 3 is 2.84 bits per heavy atom. The second-order valence-corrected chi connectivity index (χ2v) is 4.62. The Bertz CT molecular complexity index is 508. The summed E-state index contributed by atoms with van der Waals surface area (Å²) in [4.78, 5) is 0. The van der Waals surface area contributed by atoms with Gasteiger partial charge >= 0.3 is 0 Å². The molecule has 0 fully saturated rings. The molecule has 0 atom stereocenters. The van der Waals surface area contributed by atoms with E-state index in [9.17, 15) is 0 Å². The first-order valence-corrected chi connectivity index (χ1v) is 6.68. The molecule has 2 rings (SSSR count). The summed E-state index contributed by atoms with van der Waals surface area (Å²) in [6.45, 7) is 4.54. The minimum atomic E-state index is 0.770. The van der Waals surface area contributed by atoms with E-state index in [1.807, 2.05) is 36.3 Å². The van der Waals surface area contributed by atoms with Crippen molar-refractivity contribution in [3.05, 3.63) is 47.8 Å². The van der Waals surface area contributed by atoms with Crippen molar-refractivity contribution >= 4 is 0 Å². The van der Waals surface area contributed by atoms with Crippen LogP contribution in [0, 0.1) is 0 Å². The van der Waals surface area contributed by atoms with E-state index in [1.54, 1.807) is 0 Å². The van der Waals surface area contributed by atoms with Crippen LogP contribution in [0.1, 0.15) is 24.5 Å². The summed E-state index contributed by atoms with van der Waals surface area (Å²) in [6.07, 6.45) is 4.94. The molecule has 0 spiro atoms. The number of ether oxygens (including phenoxy) is 1. The quantitative estimate of drug-likeness (QED) is 0.830. The Labute approximate surface area is 114 Å². The molecule has 1 heterocycles. The van der Waals surface area contributed by atoms with Gasteiger partial charge in [-0.3, -0.25) is 4.68 Å². The van der Waals surface area contributed by atoms with Crippen LogP contribution in [0.3, 0.4) is 0 Å². The Balaban J connectivity index is 1.82. The molecule has 19 heavy (non-hydrogen) atoms. The van der Waals surface area contributed by atoms with E-state index in [2.05, 4.69) is 29.5 Å².